The first-order chi connectivity index (χ1) is 11.7. The highest BCUT2D eigenvalue weighted by atomic mass is 16.5. The number of ether oxygens (including phenoxy) is 1. The lowest BCUT2D eigenvalue weighted by molar-refractivity contribution is 0.197. The molecule has 0 amide bonds. The second-order valence-corrected chi connectivity index (χ2v) is 6.21. The normalized spacial score (nSPS) is 10.8. The van der Waals surface area contributed by atoms with Crippen molar-refractivity contribution < 1.29 is 4.74 Å². The quantitative estimate of drug-likeness (QED) is 0.644. The Bertz CT molecular complexity index is 602. The average Bonchev–Trinajstić information content (AvgIpc) is 2.59. The molecule has 2 N–H and O–H groups in total. The summed E-state index contributed by atoms with van der Waals surface area (Å²) in [5.41, 5.74) is 2.01. The van der Waals surface area contributed by atoms with Gasteiger partial charge in [-0.15, -0.1) is 0 Å². The van der Waals surface area contributed by atoms with Crippen LogP contribution in [0.3, 0.4) is 0 Å². The van der Waals surface area contributed by atoms with E-state index in [0.29, 0.717) is 11.9 Å². The minimum atomic E-state index is 0.652. The summed E-state index contributed by atoms with van der Waals surface area (Å²) in [6, 6.07) is 12.2. The molecule has 0 aliphatic heterocycles. The number of hydrogen-bond donors (Lipinski definition) is 2. The van der Waals surface area contributed by atoms with Crippen LogP contribution in [0.4, 0.5) is 11.8 Å². The van der Waals surface area contributed by atoms with E-state index < -0.39 is 0 Å². The topological polar surface area (TPSA) is 59.1 Å². The fourth-order valence-corrected chi connectivity index (χ4v) is 2.28. The van der Waals surface area contributed by atoms with Gasteiger partial charge in [-0.1, -0.05) is 44.2 Å². The average molecular weight is 328 g/mol. The van der Waals surface area contributed by atoms with Gasteiger partial charge in [0, 0.05) is 38.4 Å². The Morgan fingerprint density at radius 3 is 2.54 bits per heavy atom. The number of anilines is 2. The number of rotatable bonds is 10. The van der Waals surface area contributed by atoms with Crippen molar-refractivity contribution in [2.75, 3.05) is 37.4 Å². The maximum Gasteiger partial charge on any atom is 0.225 e. The Labute approximate surface area is 144 Å². The second-order valence-electron chi connectivity index (χ2n) is 6.21. The van der Waals surface area contributed by atoms with Crippen LogP contribution in [-0.2, 0) is 4.74 Å². The second kappa shape index (κ2) is 9.88. The van der Waals surface area contributed by atoms with Crippen molar-refractivity contribution in [1.29, 1.82) is 0 Å². The molecule has 1 aromatic carbocycles. The number of methoxy groups -OCH3 is 1. The lowest BCUT2D eigenvalue weighted by Gasteiger charge is -2.12. The van der Waals surface area contributed by atoms with Crippen LogP contribution in [0.5, 0.6) is 0 Å². The Kier molecular flexibility index (Phi) is 7.49. The van der Waals surface area contributed by atoms with Crippen molar-refractivity contribution in [2.45, 2.75) is 26.7 Å². The van der Waals surface area contributed by atoms with Crippen LogP contribution in [0, 0.1) is 5.92 Å². The summed E-state index contributed by atoms with van der Waals surface area (Å²) in [6.07, 6.45) is 2.03. The SMILES string of the molecule is COCCCNc1nc(NCCC(C)C)cc(-c2ccccc2)n1. The van der Waals surface area contributed by atoms with Gasteiger partial charge in [0.2, 0.25) is 5.95 Å². The zero-order chi connectivity index (χ0) is 17.2. The number of hydrogen-bond acceptors (Lipinski definition) is 5. The van der Waals surface area contributed by atoms with E-state index in [1.165, 1.54) is 0 Å². The lowest BCUT2D eigenvalue weighted by atomic mass is 10.1. The number of benzene rings is 1. The molecule has 24 heavy (non-hydrogen) atoms. The molecule has 0 fully saturated rings. The zero-order valence-electron chi connectivity index (χ0n) is 14.9. The molecule has 130 valence electrons. The molecule has 5 heteroatoms. The molecule has 0 bridgehead atoms. The van der Waals surface area contributed by atoms with Crippen molar-refractivity contribution in [3.8, 4) is 11.3 Å². The maximum atomic E-state index is 5.08. The summed E-state index contributed by atoms with van der Waals surface area (Å²) in [5, 5.41) is 6.70. The summed E-state index contributed by atoms with van der Waals surface area (Å²) < 4.78 is 5.08. The van der Waals surface area contributed by atoms with E-state index in [-0.39, 0.29) is 0 Å². The minimum absolute atomic E-state index is 0.652. The first kappa shape index (κ1) is 18.2. The lowest BCUT2D eigenvalue weighted by Crippen LogP contribution is -2.11. The van der Waals surface area contributed by atoms with Crippen LogP contribution < -0.4 is 10.6 Å². The predicted molar refractivity (Wildman–Crippen MR) is 100 cm³/mol. The Balaban J connectivity index is 2.13. The van der Waals surface area contributed by atoms with Crippen molar-refractivity contribution in [3.05, 3.63) is 36.4 Å². The highest BCUT2D eigenvalue weighted by Gasteiger charge is 2.07. The van der Waals surface area contributed by atoms with Gasteiger partial charge in [0.25, 0.3) is 0 Å². The van der Waals surface area contributed by atoms with E-state index in [1.54, 1.807) is 7.11 Å². The Morgan fingerprint density at radius 2 is 1.83 bits per heavy atom. The monoisotopic (exact) mass is 328 g/mol. The largest absolute Gasteiger partial charge is 0.385 e. The van der Waals surface area contributed by atoms with Crippen LogP contribution >= 0.6 is 0 Å². The first-order valence-electron chi connectivity index (χ1n) is 8.60. The zero-order valence-corrected chi connectivity index (χ0v) is 14.9. The van der Waals surface area contributed by atoms with Gasteiger partial charge < -0.3 is 15.4 Å². The van der Waals surface area contributed by atoms with Crippen LogP contribution in [0.25, 0.3) is 11.3 Å². The molecule has 0 unspecified atom stereocenters. The van der Waals surface area contributed by atoms with Gasteiger partial charge in [-0.3, -0.25) is 0 Å². The third-order valence-electron chi connectivity index (χ3n) is 3.63. The molecule has 0 aliphatic rings. The molecule has 1 aromatic heterocycles. The Hall–Kier alpha value is -2.14. The van der Waals surface area contributed by atoms with Gasteiger partial charge in [0.15, 0.2) is 0 Å². The van der Waals surface area contributed by atoms with Gasteiger partial charge >= 0.3 is 0 Å². The van der Waals surface area contributed by atoms with Crippen LogP contribution in [0.2, 0.25) is 0 Å². The highest BCUT2D eigenvalue weighted by molar-refractivity contribution is 5.64. The molecule has 0 radical (unpaired) electrons. The predicted octanol–water partition coefficient (Wildman–Crippen LogP) is 4.05. The molecule has 0 saturated heterocycles. The van der Waals surface area contributed by atoms with Gasteiger partial charge in [-0.2, -0.15) is 4.98 Å². The molecule has 2 rings (SSSR count). The van der Waals surface area contributed by atoms with E-state index in [2.05, 4.69) is 46.6 Å². The summed E-state index contributed by atoms with van der Waals surface area (Å²) in [6.45, 7) is 6.87. The molecule has 0 aliphatic carbocycles. The standard InChI is InChI=1S/C19H28N4O/c1-15(2)10-12-20-18-14-17(16-8-5-4-6-9-16)22-19(23-18)21-11-7-13-24-3/h4-6,8-9,14-15H,7,10-13H2,1-3H3,(H2,20,21,22,23). The summed E-state index contributed by atoms with van der Waals surface area (Å²) in [5.74, 6) is 2.18. The number of aromatic nitrogens is 2. The number of nitrogens with zero attached hydrogens (tertiary/aromatic N) is 2. The van der Waals surface area contributed by atoms with Gasteiger partial charge in [0.1, 0.15) is 5.82 Å². The Morgan fingerprint density at radius 1 is 1.04 bits per heavy atom. The van der Waals surface area contributed by atoms with E-state index in [9.17, 15) is 0 Å². The van der Waals surface area contributed by atoms with Gasteiger partial charge in [-0.05, 0) is 18.8 Å². The van der Waals surface area contributed by atoms with E-state index in [4.69, 9.17) is 4.74 Å². The van der Waals surface area contributed by atoms with Crippen LogP contribution in [0.1, 0.15) is 26.7 Å². The molecular formula is C19H28N4O. The molecule has 1 heterocycles. The molecular weight excluding hydrogens is 300 g/mol. The molecule has 2 aromatic rings. The molecule has 0 atom stereocenters. The van der Waals surface area contributed by atoms with Crippen molar-refractivity contribution in [1.82, 2.24) is 9.97 Å². The smallest absolute Gasteiger partial charge is 0.225 e. The highest BCUT2D eigenvalue weighted by Crippen LogP contribution is 2.21. The molecule has 0 saturated carbocycles. The van der Waals surface area contributed by atoms with Gasteiger partial charge in [0.05, 0.1) is 5.69 Å². The summed E-state index contributed by atoms with van der Waals surface area (Å²) in [4.78, 5) is 9.22. The fraction of sp³-hybridized carbons (Fsp3) is 0.474. The fourth-order valence-electron chi connectivity index (χ4n) is 2.28. The molecule has 0 spiro atoms. The van der Waals surface area contributed by atoms with Gasteiger partial charge in [-0.25, -0.2) is 4.98 Å². The maximum absolute atomic E-state index is 5.08. The van der Waals surface area contributed by atoms with Crippen LogP contribution in [-0.4, -0.2) is 36.8 Å². The van der Waals surface area contributed by atoms with E-state index >= 15 is 0 Å². The van der Waals surface area contributed by atoms with E-state index in [1.807, 2.05) is 24.3 Å². The van der Waals surface area contributed by atoms with E-state index in [0.717, 1.165) is 49.6 Å². The van der Waals surface area contributed by atoms with Crippen molar-refractivity contribution in [3.63, 3.8) is 0 Å². The summed E-state index contributed by atoms with van der Waals surface area (Å²) >= 11 is 0. The third kappa shape index (κ3) is 6.16. The number of nitrogens with one attached hydrogen (secondary N) is 2. The molecule has 5 nitrogen and oxygen atoms in total. The third-order valence-corrected chi connectivity index (χ3v) is 3.63. The summed E-state index contributed by atoms with van der Waals surface area (Å²) in [7, 11) is 1.71. The van der Waals surface area contributed by atoms with Crippen molar-refractivity contribution >= 4 is 11.8 Å². The minimum Gasteiger partial charge on any atom is -0.385 e. The first-order valence-corrected chi connectivity index (χ1v) is 8.60. The van der Waals surface area contributed by atoms with Crippen molar-refractivity contribution in [2.24, 2.45) is 5.92 Å². The van der Waals surface area contributed by atoms with Crippen LogP contribution in [0.15, 0.2) is 36.4 Å².